The van der Waals surface area contributed by atoms with Crippen molar-refractivity contribution < 1.29 is 4.74 Å². The maximum Gasteiger partial charge on any atom is 0.144 e. The van der Waals surface area contributed by atoms with Crippen molar-refractivity contribution in [3.05, 3.63) is 46.9 Å². The minimum absolute atomic E-state index is 0.107. The fraction of sp³-hybridized carbons (Fsp3) is 0.556. The van der Waals surface area contributed by atoms with Crippen LogP contribution >= 0.6 is 11.8 Å². The zero-order chi connectivity index (χ0) is 14.8. The monoisotopic (exact) mass is 290 g/mol. The van der Waals surface area contributed by atoms with Crippen molar-refractivity contribution in [1.82, 2.24) is 0 Å². The molecular formula is C18H26OS. The Morgan fingerprint density at radius 3 is 2.55 bits per heavy atom. The maximum atomic E-state index is 6.45. The molecule has 0 saturated heterocycles. The van der Waals surface area contributed by atoms with Gasteiger partial charge in [-0.2, -0.15) is 0 Å². The van der Waals surface area contributed by atoms with Crippen LogP contribution in [0.2, 0.25) is 0 Å². The predicted octanol–water partition coefficient (Wildman–Crippen LogP) is 5.62. The second-order valence-electron chi connectivity index (χ2n) is 6.73. The third-order valence-electron chi connectivity index (χ3n) is 3.45. The largest absolute Gasteiger partial charge is 0.357 e. The summed E-state index contributed by atoms with van der Waals surface area (Å²) in [4.78, 5) is 1.07. The van der Waals surface area contributed by atoms with Crippen LogP contribution in [-0.2, 0) is 4.74 Å². The minimum Gasteiger partial charge on any atom is -0.357 e. The van der Waals surface area contributed by atoms with Gasteiger partial charge in [-0.15, -0.1) is 0 Å². The van der Waals surface area contributed by atoms with Crippen LogP contribution in [0.25, 0.3) is 0 Å². The Labute approximate surface area is 127 Å². The molecular weight excluding hydrogens is 264 g/mol. The standard InChI is InChI=1S/C18H26OS/c1-14(2)19-18(20-15-10-6-7-11-15)13-9-8-12-16(18)17(3,4)5/h6,8-12,14H,7,13H2,1-5H3. The molecule has 0 N–H and O–H groups in total. The lowest BCUT2D eigenvalue weighted by molar-refractivity contribution is -0.00224. The Bertz CT molecular complexity index is 474. The van der Waals surface area contributed by atoms with E-state index in [4.69, 9.17) is 4.74 Å². The third-order valence-corrected chi connectivity index (χ3v) is 4.80. The quantitative estimate of drug-likeness (QED) is 0.622. The smallest absolute Gasteiger partial charge is 0.144 e. The van der Waals surface area contributed by atoms with E-state index in [0.29, 0.717) is 0 Å². The Kier molecular flexibility index (Phi) is 4.66. The number of thioether (sulfide) groups is 1. The Morgan fingerprint density at radius 2 is 2.00 bits per heavy atom. The molecule has 2 heteroatoms. The first-order valence-electron chi connectivity index (χ1n) is 7.45. The normalized spacial score (nSPS) is 26.1. The molecule has 0 bridgehead atoms. The Hall–Kier alpha value is -0.730. The molecule has 0 saturated carbocycles. The van der Waals surface area contributed by atoms with Crippen molar-refractivity contribution in [2.24, 2.45) is 5.41 Å². The Morgan fingerprint density at radius 1 is 1.25 bits per heavy atom. The van der Waals surface area contributed by atoms with Gasteiger partial charge in [0.05, 0.1) is 6.10 Å². The molecule has 1 atom stereocenters. The van der Waals surface area contributed by atoms with Crippen LogP contribution in [-0.4, -0.2) is 11.0 Å². The number of rotatable bonds is 4. The number of ether oxygens (including phenoxy) is 1. The third kappa shape index (κ3) is 3.48. The summed E-state index contributed by atoms with van der Waals surface area (Å²) in [6.45, 7) is 11.1. The van der Waals surface area contributed by atoms with Crippen LogP contribution in [0.1, 0.15) is 47.5 Å². The number of hydrogen-bond acceptors (Lipinski definition) is 2. The van der Waals surface area contributed by atoms with Gasteiger partial charge in [0.2, 0.25) is 0 Å². The van der Waals surface area contributed by atoms with E-state index in [1.165, 1.54) is 10.5 Å². The highest BCUT2D eigenvalue weighted by molar-refractivity contribution is 8.04. The van der Waals surface area contributed by atoms with E-state index >= 15 is 0 Å². The van der Waals surface area contributed by atoms with Crippen LogP contribution in [0, 0.1) is 5.41 Å². The molecule has 2 rings (SSSR count). The number of hydrogen-bond donors (Lipinski definition) is 0. The summed E-state index contributed by atoms with van der Waals surface area (Å²) in [7, 11) is 0. The highest BCUT2D eigenvalue weighted by Crippen LogP contribution is 2.51. The second kappa shape index (κ2) is 5.95. The molecule has 0 heterocycles. The second-order valence-corrected chi connectivity index (χ2v) is 8.06. The average molecular weight is 290 g/mol. The molecule has 1 unspecified atom stereocenters. The molecule has 0 spiro atoms. The molecule has 110 valence electrons. The van der Waals surface area contributed by atoms with Crippen LogP contribution in [0.5, 0.6) is 0 Å². The van der Waals surface area contributed by atoms with Gasteiger partial charge in [-0.25, -0.2) is 0 Å². The van der Waals surface area contributed by atoms with Crippen molar-refractivity contribution in [3.8, 4) is 0 Å². The van der Waals surface area contributed by atoms with Crippen molar-refractivity contribution in [1.29, 1.82) is 0 Å². The summed E-state index contributed by atoms with van der Waals surface area (Å²) in [6, 6.07) is 0. The summed E-state index contributed by atoms with van der Waals surface area (Å²) >= 11 is 1.87. The van der Waals surface area contributed by atoms with Gasteiger partial charge in [0.15, 0.2) is 0 Å². The molecule has 0 aromatic carbocycles. The van der Waals surface area contributed by atoms with Crippen molar-refractivity contribution in [2.75, 3.05) is 0 Å². The molecule has 2 aliphatic carbocycles. The summed E-state index contributed by atoms with van der Waals surface area (Å²) in [5.74, 6) is 0. The molecule has 0 fully saturated rings. The zero-order valence-corrected chi connectivity index (χ0v) is 14.1. The predicted molar refractivity (Wildman–Crippen MR) is 89.7 cm³/mol. The van der Waals surface area contributed by atoms with E-state index < -0.39 is 0 Å². The van der Waals surface area contributed by atoms with Gasteiger partial charge in [0, 0.05) is 11.3 Å². The molecule has 0 radical (unpaired) electrons. The first kappa shape index (κ1) is 15.7. The average Bonchev–Trinajstić information content (AvgIpc) is 2.79. The first-order valence-corrected chi connectivity index (χ1v) is 8.26. The number of allylic oxidation sites excluding steroid dienone is 5. The van der Waals surface area contributed by atoms with E-state index in [9.17, 15) is 0 Å². The van der Waals surface area contributed by atoms with Gasteiger partial charge in [-0.3, -0.25) is 0 Å². The van der Waals surface area contributed by atoms with E-state index in [1.54, 1.807) is 0 Å². The highest BCUT2D eigenvalue weighted by Gasteiger charge is 2.42. The van der Waals surface area contributed by atoms with Crippen LogP contribution in [0.3, 0.4) is 0 Å². The van der Waals surface area contributed by atoms with Crippen LogP contribution in [0.4, 0.5) is 0 Å². The van der Waals surface area contributed by atoms with Crippen LogP contribution in [0.15, 0.2) is 46.9 Å². The molecule has 20 heavy (non-hydrogen) atoms. The van der Waals surface area contributed by atoms with Gasteiger partial charge in [-0.1, -0.05) is 69.0 Å². The van der Waals surface area contributed by atoms with Gasteiger partial charge in [0.25, 0.3) is 0 Å². The fourth-order valence-electron chi connectivity index (χ4n) is 2.76. The minimum atomic E-state index is -0.262. The molecule has 0 aliphatic heterocycles. The van der Waals surface area contributed by atoms with Gasteiger partial charge < -0.3 is 4.74 Å². The van der Waals surface area contributed by atoms with E-state index in [1.807, 2.05) is 11.8 Å². The summed E-state index contributed by atoms with van der Waals surface area (Å²) in [6.07, 6.45) is 15.6. The van der Waals surface area contributed by atoms with Gasteiger partial charge >= 0.3 is 0 Å². The van der Waals surface area contributed by atoms with Crippen molar-refractivity contribution in [3.63, 3.8) is 0 Å². The lowest BCUT2D eigenvalue weighted by Crippen LogP contribution is -2.39. The summed E-state index contributed by atoms with van der Waals surface area (Å²) in [5.41, 5.74) is 1.49. The fourth-order valence-corrected chi connectivity index (χ4v) is 4.39. The molecule has 0 amide bonds. The van der Waals surface area contributed by atoms with Gasteiger partial charge in [0.1, 0.15) is 4.93 Å². The first-order chi connectivity index (χ1) is 9.33. The zero-order valence-electron chi connectivity index (χ0n) is 13.3. The summed E-state index contributed by atoms with van der Waals surface area (Å²) < 4.78 is 6.45. The summed E-state index contributed by atoms with van der Waals surface area (Å²) in [5, 5.41) is 0. The molecule has 2 aliphatic rings. The topological polar surface area (TPSA) is 9.23 Å². The van der Waals surface area contributed by atoms with E-state index in [-0.39, 0.29) is 16.5 Å². The Balaban J connectivity index is 2.37. The van der Waals surface area contributed by atoms with E-state index in [2.05, 4.69) is 71.1 Å². The molecule has 1 nitrogen and oxygen atoms in total. The van der Waals surface area contributed by atoms with Crippen molar-refractivity contribution in [2.45, 2.75) is 58.5 Å². The van der Waals surface area contributed by atoms with Gasteiger partial charge in [-0.05, 0) is 31.3 Å². The lowest BCUT2D eigenvalue weighted by Gasteiger charge is -2.43. The maximum absolute atomic E-state index is 6.45. The molecule has 0 aromatic rings. The van der Waals surface area contributed by atoms with Crippen LogP contribution < -0.4 is 0 Å². The van der Waals surface area contributed by atoms with E-state index in [0.717, 1.165) is 12.8 Å². The molecule has 0 aromatic heterocycles. The highest BCUT2D eigenvalue weighted by atomic mass is 32.2. The SMILES string of the molecule is CC(C)OC1(SC2=CCC=C2)CC=CC=C1C(C)(C)C. The lowest BCUT2D eigenvalue weighted by atomic mass is 9.79. The van der Waals surface area contributed by atoms with Crippen molar-refractivity contribution >= 4 is 11.8 Å².